The molecule has 106 valence electrons. The van der Waals surface area contributed by atoms with Crippen LogP contribution in [0.4, 0.5) is 10.1 Å². The molecule has 0 aliphatic rings. The molecule has 5 nitrogen and oxygen atoms in total. The molecular formula is C12H16FNO4S. The average molecular weight is 289 g/mol. The minimum atomic E-state index is -3.46. The SMILES string of the molecule is CC(CN(C)c1ccc(S(C)(=O)=O)cc1F)C(=O)O. The smallest absolute Gasteiger partial charge is 0.308 e. The Kier molecular flexibility index (Phi) is 4.52. The Labute approximate surface area is 111 Å². The number of hydrogen-bond acceptors (Lipinski definition) is 4. The summed E-state index contributed by atoms with van der Waals surface area (Å²) in [5, 5.41) is 8.80. The predicted molar refractivity (Wildman–Crippen MR) is 69.6 cm³/mol. The molecule has 1 rings (SSSR count). The maximum atomic E-state index is 13.8. The molecule has 1 aromatic rings. The third kappa shape index (κ3) is 3.92. The van der Waals surface area contributed by atoms with Gasteiger partial charge < -0.3 is 10.0 Å². The van der Waals surface area contributed by atoms with Gasteiger partial charge in [0.1, 0.15) is 5.82 Å². The second-order valence-electron chi connectivity index (χ2n) is 4.51. The van der Waals surface area contributed by atoms with Crippen LogP contribution in [-0.2, 0) is 14.6 Å². The number of carboxylic acid groups (broad SMARTS) is 1. The Balaban J connectivity index is 3.00. The largest absolute Gasteiger partial charge is 0.481 e. The van der Waals surface area contributed by atoms with E-state index >= 15 is 0 Å². The molecule has 0 saturated heterocycles. The normalized spacial score (nSPS) is 13.1. The fourth-order valence-corrected chi connectivity index (χ4v) is 2.25. The Morgan fingerprint density at radius 1 is 1.47 bits per heavy atom. The minimum absolute atomic E-state index is 0.103. The first-order valence-electron chi connectivity index (χ1n) is 5.56. The average Bonchev–Trinajstić information content (AvgIpc) is 2.27. The highest BCUT2D eigenvalue weighted by molar-refractivity contribution is 7.90. The lowest BCUT2D eigenvalue weighted by molar-refractivity contribution is -0.140. The summed E-state index contributed by atoms with van der Waals surface area (Å²) < 4.78 is 36.4. The van der Waals surface area contributed by atoms with Gasteiger partial charge in [0.15, 0.2) is 9.84 Å². The van der Waals surface area contributed by atoms with Crippen molar-refractivity contribution in [2.45, 2.75) is 11.8 Å². The molecule has 0 saturated carbocycles. The van der Waals surface area contributed by atoms with Crippen LogP contribution in [0.15, 0.2) is 23.1 Å². The van der Waals surface area contributed by atoms with Crippen molar-refractivity contribution in [3.63, 3.8) is 0 Å². The first-order chi connectivity index (χ1) is 8.62. The zero-order chi connectivity index (χ0) is 14.8. The molecule has 1 unspecified atom stereocenters. The summed E-state index contributed by atoms with van der Waals surface area (Å²) >= 11 is 0. The molecule has 0 bridgehead atoms. The van der Waals surface area contributed by atoms with E-state index in [4.69, 9.17) is 5.11 Å². The first kappa shape index (κ1) is 15.4. The van der Waals surface area contributed by atoms with Gasteiger partial charge in [-0.1, -0.05) is 6.92 Å². The fraction of sp³-hybridized carbons (Fsp3) is 0.417. The van der Waals surface area contributed by atoms with Gasteiger partial charge in [-0.15, -0.1) is 0 Å². The van der Waals surface area contributed by atoms with Crippen LogP contribution in [0.2, 0.25) is 0 Å². The summed E-state index contributed by atoms with van der Waals surface area (Å²) in [4.78, 5) is 12.1. The highest BCUT2D eigenvalue weighted by Gasteiger charge is 2.17. The van der Waals surface area contributed by atoms with Gasteiger partial charge in [-0.3, -0.25) is 4.79 Å². The van der Waals surface area contributed by atoms with Gasteiger partial charge in [0, 0.05) is 19.8 Å². The van der Waals surface area contributed by atoms with Gasteiger partial charge in [0.05, 0.1) is 16.5 Å². The lowest BCUT2D eigenvalue weighted by Crippen LogP contribution is -2.29. The van der Waals surface area contributed by atoms with Gasteiger partial charge in [0.2, 0.25) is 0 Å². The fourth-order valence-electron chi connectivity index (χ4n) is 1.62. The molecule has 0 spiro atoms. The molecule has 0 aliphatic carbocycles. The lowest BCUT2D eigenvalue weighted by atomic mass is 10.1. The minimum Gasteiger partial charge on any atom is -0.481 e. The molecule has 0 radical (unpaired) electrons. The third-order valence-electron chi connectivity index (χ3n) is 2.73. The van der Waals surface area contributed by atoms with E-state index in [1.807, 2.05) is 0 Å². The highest BCUT2D eigenvalue weighted by atomic mass is 32.2. The van der Waals surface area contributed by atoms with Crippen molar-refractivity contribution in [3.8, 4) is 0 Å². The molecule has 1 N–H and O–H groups in total. The van der Waals surface area contributed by atoms with Gasteiger partial charge >= 0.3 is 5.97 Å². The van der Waals surface area contributed by atoms with Crippen LogP contribution in [0.5, 0.6) is 0 Å². The summed E-state index contributed by atoms with van der Waals surface area (Å²) in [5.74, 6) is -2.32. The van der Waals surface area contributed by atoms with Crippen molar-refractivity contribution < 1.29 is 22.7 Å². The van der Waals surface area contributed by atoms with Gasteiger partial charge in [-0.05, 0) is 18.2 Å². The van der Waals surface area contributed by atoms with Crippen LogP contribution in [-0.4, -0.2) is 39.3 Å². The van der Waals surface area contributed by atoms with E-state index in [0.717, 1.165) is 12.3 Å². The number of carbonyl (C=O) groups is 1. The second-order valence-corrected chi connectivity index (χ2v) is 6.52. The van der Waals surface area contributed by atoms with Crippen molar-refractivity contribution >= 4 is 21.5 Å². The van der Waals surface area contributed by atoms with Crippen LogP contribution in [0.3, 0.4) is 0 Å². The van der Waals surface area contributed by atoms with E-state index in [-0.39, 0.29) is 17.1 Å². The van der Waals surface area contributed by atoms with E-state index in [2.05, 4.69) is 0 Å². The quantitative estimate of drug-likeness (QED) is 0.886. The monoisotopic (exact) mass is 289 g/mol. The summed E-state index contributed by atoms with van der Waals surface area (Å²) in [5.41, 5.74) is 0.167. The Hall–Kier alpha value is -1.63. The van der Waals surface area contributed by atoms with E-state index in [1.54, 1.807) is 7.05 Å². The lowest BCUT2D eigenvalue weighted by Gasteiger charge is -2.22. The summed E-state index contributed by atoms with van der Waals surface area (Å²) in [6.45, 7) is 1.64. The molecule has 0 fully saturated rings. The number of rotatable bonds is 5. The number of benzene rings is 1. The van der Waals surface area contributed by atoms with Crippen molar-refractivity contribution in [1.29, 1.82) is 0 Å². The van der Waals surface area contributed by atoms with Gasteiger partial charge in [0.25, 0.3) is 0 Å². The molecule has 0 aromatic heterocycles. The third-order valence-corrected chi connectivity index (χ3v) is 3.84. The number of carboxylic acids is 1. The molecule has 1 aromatic carbocycles. The van der Waals surface area contributed by atoms with Crippen LogP contribution >= 0.6 is 0 Å². The number of aliphatic carboxylic acids is 1. The Bertz CT molecular complexity index is 585. The van der Waals surface area contributed by atoms with Crippen LogP contribution in [0.25, 0.3) is 0 Å². The van der Waals surface area contributed by atoms with Crippen molar-refractivity contribution in [2.24, 2.45) is 5.92 Å². The van der Waals surface area contributed by atoms with Crippen molar-refractivity contribution in [2.75, 3.05) is 24.7 Å². The van der Waals surface area contributed by atoms with E-state index in [1.165, 1.54) is 24.0 Å². The van der Waals surface area contributed by atoms with Gasteiger partial charge in [-0.25, -0.2) is 12.8 Å². The number of halogens is 1. The number of anilines is 1. The summed E-state index contributed by atoms with van der Waals surface area (Å²) in [7, 11) is -1.90. The molecule has 19 heavy (non-hydrogen) atoms. The maximum Gasteiger partial charge on any atom is 0.308 e. The Morgan fingerprint density at radius 2 is 2.05 bits per heavy atom. The zero-order valence-corrected chi connectivity index (χ0v) is 11.7. The van der Waals surface area contributed by atoms with Crippen LogP contribution < -0.4 is 4.90 Å². The molecular weight excluding hydrogens is 273 g/mol. The Morgan fingerprint density at radius 3 is 2.47 bits per heavy atom. The predicted octanol–water partition coefficient (Wildman–Crippen LogP) is 1.39. The van der Waals surface area contributed by atoms with E-state index < -0.39 is 27.5 Å². The molecule has 0 heterocycles. The standard InChI is InChI=1S/C12H16FNO4S/c1-8(12(15)16)7-14(2)11-5-4-9(6-10(11)13)19(3,17)18/h4-6,8H,7H2,1-3H3,(H,15,16). The first-order valence-corrected chi connectivity index (χ1v) is 7.45. The van der Waals surface area contributed by atoms with E-state index in [0.29, 0.717) is 0 Å². The number of nitrogens with zero attached hydrogens (tertiary/aromatic N) is 1. The highest BCUT2D eigenvalue weighted by Crippen LogP contribution is 2.22. The molecule has 7 heteroatoms. The second kappa shape index (κ2) is 5.56. The van der Waals surface area contributed by atoms with Crippen LogP contribution in [0.1, 0.15) is 6.92 Å². The van der Waals surface area contributed by atoms with Crippen molar-refractivity contribution in [1.82, 2.24) is 0 Å². The topological polar surface area (TPSA) is 74.7 Å². The van der Waals surface area contributed by atoms with Gasteiger partial charge in [-0.2, -0.15) is 0 Å². The number of sulfone groups is 1. The molecule has 0 amide bonds. The van der Waals surface area contributed by atoms with Crippen LogP contribution in [0, 0.1) is 11.7 Å². The summed E-state index contributed by atoms with van der Waals surface area (Å²) in [6, 6.07) is 3.57. The maximum absolute atomic E-state index is 13.8. The summed E-state index contributed by atoms with van der Waals surface area (Å²) in [6.07, 6.45) is 0.998. The molecule has 0 aliphatic heterocycles. The van der Waals surface area contributed by atoms with Crippen molar-refractivity contribution in [3.05, 3.63) is 24.0 Å². The molecule has 1 atom stereocenters. The van der Waals surface area contributed by atoms with E-state index in [9.17, 15) is 17.6 Å². The number of hydrogen-bond donors (Lipinski definition) is 1. The zero-order valence-electron chi connectivity index (χ0n) is 10.9.